The fourth-order valence-electron chi connectivity index (χ4n) is 11.1. The van der Waals surface area contributed by atoms with Gasteiger partial charge in [-0.1, -0.05) is 31.6 Å². The number of nitrogens with zero attached hydrogens (tertiary/aromatic N) is 5. The third kappa shape index (κ3) is 40.4. The molecule has 0 bridgehead atoms. The van der Waals surface area contributed by atoms with Gasteiger partial charge in [0.25, 0.3) is 0 Å². The van der Waals surface area contributed by atoms with Crippen LogP contribution in [0.3, 0.4) is 0 Å². The number of nitrogens with two attached hydrogens (primary N) is 1. The molecule has 0 radical (unpaired) electrons. The number of allylic oxidation sites excluding steroid dienone is 2. The molecule has 6 amide bonds. The van der Waals surface area contributed by atoms with Gasteiger partial charge in [-0.05, 0) is 241 Å². The molecule has 5 aliphatic rings. The first-order valence-electron chi connectivity index (χ1n) is 39.1. The fraction of sp³-hybridized carbons (Fsp3) is 0.815. The molecule has 117 heavy (non-hydrogen) atoms. The second-order valence-corrected chi connectivity index (χ2v) is 39.5. The van der Waals surface area contributed by atoms with Crippen LogP contribution in [0.2, 0.25) is 0 Å². The molecule has 5 saturated heterocycles. The number of Topliss-reactive ketones (excluding diaryl/α,β-unsaturated/α-hetero) is 4. The van der Waals surface area contributed by atoms with Crippen LogP contribution < -0.4 is 11.1 Å². The molecule has 680 valence electrons. The predicted octanol–water partition coefficient (Wildman–Crippen LogP) is 11.1. The average Bonchev–Trinajstić information content (AvgIpc) is 1.67. The number of amides is 6. The Bertz CT molecular complexity index is 3370. The van der Waals surface area contributed by atoms with E-state index in [0.29, 0.717) is 13.0 Å². The molecule has 0 saturated carbocycles. The van der Waals surface area contributed by atoms with E-state index in [1.165, 1.54) is 65.1 Å². The number of rotatable bonds is 17. The maximum absolute atomic E-state index is 12.4. The first-order valence-corrected chi connectivity index (χ1v) is 41.4. The van der Waals surface area contributed by atoms with E-state index >= 15 is 0 Å². The molecular formula is C81H148N7O28P. The van der Waals surface area contributed by atoms with Gasteiger partial charge in [0, 0.05) is 13.8 Å². The molecule has 0 aromatic rings. The van der Waals surface area contributed by atoms with Crippen molar-refractivity contribution in [3.8, 4) is 0 Å². The molecule has 10 atom stereocenters. The Labute approximate surface area is 695 Å². The highest BCUT2D eigenvalue weighted by Crippen LogP contribution is 2.43. The molecule has 5 aliphatic heterocycles. The van der Waals surface area contributed by atoms with Crippen molar-refractivity contribution in [3.05, 3.63) is 24.3 Å². The van der Waals surface area contributed by atoms with Gasteiger partial charge in [-0.3, -0.25) is 53.0 Å². The van der Waals surface area contributed by atoms with E-state index in [1.807, 2.05) is 69.2 Å². The molecule has 7 N–H and O–H groups in total. The van der Waals surface area contributed by atoms with Crippen LogP contribution in [0, 0.1) is 0 Å². The molecule has 5 rings (SSSR count). The first kappa shape index (κ1) is 112. The lowest BCUT2D eigenvalue weighted by molar-refractivity contribution is -0.122. The zero-order valence-electron chi connectivity index (χ0n) is 76.9. The minimum absolute atomic E-state index is 0.0504. The maximum Gasteiger partial charge on any atom is 0.413 e. The highest BCUT2D eigenvalue weighted by atomic mass is 31.2. The summed E-state index contributed by atoms with van der Waals surface area (Å²) in [6.45, 7) is 61.1. The largest absolute Gasteiger partial charge is 0.444 e. The molecule has 8 unspecified atom stereocenters. The van der Waals surface area contributed by atoms with E-state index in [2.05, 4.69) is 5.32 Å². The van der Waals surface area contributed by atoms with Gasteiger partial charge >= 0.3 is 36.6 Å². The van der Waals surface area contributed by atoms with Crippen LogP contribution in [-0.2, 0) is 85.2 Å². The van der Waals surface area contributed by atoms with Crippen LogP contribution in [-0.4, -0.2) is 293 Å². The Hall–Kier alpha value is -6.76. The molecule has 0 aromatic carbocycles. The standard InChI is InChI=1S/C14H26NO6P.C14H27NO4.C14H25NO4.C14H23NO4.C12H21NO4.C9H17NO4.C4H9NO2/c1-13(2,3)21-12(17)15-10(8-20-14(15,4)5)11(16)9-22(7,18)19-6;3*1-7-8-11(16)10-9-18-14(5,6)15(10)12(17)19-13(2,3)4;1-8(14)9-7-16-12(5,6)13(9)10(15)17-11(2,3)4;1-6(12)7(5-11)10-8(13)14-9(2,3)4;1-3(7)4(5)2-6/h10H,8-9H2,1-7H3;10-11,16H,7-9H2,1-6H3;7-8,10-11,16H,9H2,1-6H3;7-8,10H,9H2,1-6H3;9H,7H2,1-6H3;7,11H,5H2,1-4H3,(H,10,13);4,6H,2,5H2,1H3/b;;2*8-7+;;;/t;;;;;7-;4-/m.....00/s1. The second kappa shape index (κ2) is 45.8. The number of ether oxygens (including phenoxy) is 11. The monoisotopic (exact) mass is 1700 g/mol. The quantitative estimate of drug-likeness (QED) is 0.0341. The normalized spacial score (nSPS) is 22.0. The van der Waals surface area contributed by atoms with Gasteiger partial charge in [-0.25, -0.2) is 28.8 Å². The molecule has 36 heteroatoms. The molecule has 0 spiro atoms. The Kier molecular flexibility index (Phi) is 43.9. The smallest absolute Gasteiger partial charge is 0.413 e. The topological polar surface area (TPSA) is 451 Å². The van der Waals surface area contributed by atoms with Gasteiger partial charge in [0.05, 0.1) is 82.7 Å². The summed E-state index contributed by atoms with van der Waals surface area (Å²) in [5, 5.41) is 39.4. The van der Waals surface area contributed by atoms with Gasteiger partial charge in [0.2, 0.25) is 7.37 Å². The van der Waals surface area contributed by atoms with Crippen molar-refractivity contribution in [3.63, 3.8) is 0 Å². The summed E-state index contributed by atoms with van der Waals surface area (Å²) in [6.07, 6.45) is 3.14. The maximum atomic E-state index is 12.4. The number of alkyl carbamates (subject to hydrolysis) is 1. The highest BCUT2D eigenvalue weighted by molar-refractivity contribution is 7.59. The van der Waals surface area contributed by atoms with Crippen molar-refractivity contribution >= 4 is 72.8 Å². The van der Waals surface area contributed by atoms with Crippen molar-refractivity contribution in [2.24, 2.45) is 5.73 Å². The SMILES string of the molecule is C/C=C/C(=O)C1COC(C)(C)N1C(=O)OC(C)(C)C.C/C=C/C(O)C1COC(C)(C)N1C(=O)OC(C)(C)C.CC(=O)C1COC(C)(C)N1C(=O)OC(C)(C)C.CC(=O)[C@@H](N)CO.CC(=O)[C@H](CO)NC(=O)OC(C)(C)C.CCCC(O)C1COC(C)(C)N1C(=O)OC(C)(C)C.COP(C)(=O)CC(=O)C1COC(C)(C)N1C(=O)OC(C)(C)C. The van der Waals surface area contributed by atoms with Crippen molar-refractivity contribution in [1.82, 2.24) is 29.8 Å². The van der Waals surface area contributed by atoms with Gasteiger partial charge < -0.3 is 88.1 Å². The summed E-state index contributed by atoms with van der Waals surface area (Å²) in [5.41, 5.74) is -2.75. The summed E-state index contributed by atoms with van der Waals surface area (Å²) in [7, 11) is -1.71. The number of hydrogen-bond donors (Lipinski definition) is 6. The van der Waals surface area contributed by atoms with Crippen LogP contribution in [0.5, 0.6) is 0 Å². The van der Waals surface area contributed by atoms with E-state index < -0.39 is 161 Å². The molecule has 0 aliphatic carbocycles. The number of nitrogens with one attached hydrogen (secondary N) is 1. The van der Waals surface area contributed by atoms with E-state index in [9.17, 15) is 67.5 Å². The Morgan fingerprint density at radius 3 is 1.10 bits per heavy atom. The lowest BCUT2D eigenvalue weighted by Gasteiger charge is -2.36. The summed E-state index contributed by atoms with van der Waals surface area (Å²) in [5.74, 6) is -1.09. The third-order valence-corrected chi connectivity index (χ3v) is 18.3. The lowest BCUT2D eigenvalue weighted by Crippen LogP contribution is -2.53. The van der Waals surface area contributed by atoms with Crippen molar-refractivity contribution < 1.29 is 134 Å². The van der Waals surface area contributed by atoms with Crippen molar-refractivity contribution in [1.29, 1.82) is 0 Å². The zero-order chi connectivity index (χ0) is 92.5. The first-order chi connectivity index (χ1) is 52.5. The fourth-order valence-corrected chi connectivity index (χ4v) is 12.0. The predicted molar refractivity (Wildman–Crippen MR) is 439 cm³/mol. The number of ketones is 5. The number of carbonyl (C=O) groups is 11. The van der Waals surface area contributed by atoms with Gasteiger partial charge in [0.1, 0.15) is 92.2 Å². The lowest BCUT2D eigenvalue weighted by atomic mass is 10.1. The summed E-state index contributed by atoms with van der Waals surface area (Å²) in [6, 6.07) is -4.34. The van der Waals surface area contributed by atoms with Gasteiger partial charge in [-0.2, -0.15) is 0 Å². The molecule has 0 aromatic heterocycles. The average molecular weight is 1700 g/mol. The van der Waals surface area contributed by atoms with Gasteiger partial charge in [0.15, 0.2) is 23.1 Å². The van der Waals surface area contributed by atoms with Crippen LogP contribution >= 0.6 is 7.37 Å². The van der Waals surface area contributed by atoms with Crippen LogP contribution in [0.4, 0.5) is 28.8 Å². The van der Waals surface area contributed by atoms with Gasteiger partial charge in [-0.15, -0.1) is 0 Å². The molecule has 35 nitrogen and oxygen atoms in total. The Balaban J connectivity index is 0. The van der Waals surface area contributed by atoms with E-state index in [1.54, 1.807) is 164 Å². The number of aliphatic hydroxyl groups excluding tert-OH is 4. The molecule has 5 heterocycles. The minimum atomic E-state index is -3.01. The second-order valence-electron chi connectivity index (χ2n) is 36.8. The zero-order valence-corrected chi connectivity index (χ0v) is 77.8. The van der Waals surface area contributed by atoms with E-state index in [0.717, 1.165) is 6.42 Å². The summed E-state index contributed by atoms with van der Waals surface area (Å²) in [4.78, 5) is 136. The Morgan fingerprint density at radius 1 is 0.487 bits per heavy atom. The van der Waals surface area contributed by atoms with Crippen LogP contribution in [0.1, 0.15) is 248 Å². The van der Waals surface area contributed by atoms with Crippen molar-refractivity contribution in [2.75, 3.05) is 66.2 Å². The molecule has 5 fully saturated rings. The Morgan fingerprint density at radius 2 is 0.803 bits per heavy atom. The van der Waals surface area contributed by atoms with E-state index in [-0.39, 0.29) is 74.2 Å². The number of aliphatic hydroxyl groups is 4. The third-order valence-electron chi connectivity index (χ3n) is 16.7. The minimum Gasteiger partial charge on any atom is -0.444 e. The summed E-state index contributed by atoms with van der Waals surface area (Å²) >= 11 is 0. The van der Waals surface area contributed by atoms with E-state index in [4.69, 9.17) is 72.6 Å². The van der Waals surface area contributed by atoms with Crippen molar-refractivity contribution in [2.45, 2.75) is 365 Å². The van der Waals surface area contributed by atoms with Crippen LogP contribution in [0.25, 0.3) is 0 Å². The molecular weight excluding hydrogens is 1550 g/mol. The van der Waals surface area contributed by atoms with Crippen LogP contribution in [0.15, 0.2) is 24.3 Å². The summed E-state index contributed by atoms with van der Waals surface area (Å²) < 4.78 is 76.3. The highest BCUT2D eigenvalue weighted by Gasteiger charge is 2.53. The number of carbonyl (C=O) groups excluding carboxylic acids is 11. The number of hydrogen-bond acceptors (Lipinski definition) is 29.